The number of carbonyl (C=O) groups is 2. The highest BCUT2D eigenvalue weighted by Crippen LogP contribution is 2.22. The fourth-order valence-electron chi connectivity index (χ4n) is 2.81. The van der Waals surface area contributed by atoms with E-state index in [0.29, 0.717) is 11.3 Å². The molecule has 1 aromatic heterocycles. The third-order valence-corrected chi connectivity index (χ3v) is 4.00. The predicted molar refractivity (Wildman–Crippen MR) is 95.2 cm³/mol. The van der Waals surface area contributed by atoms with E-state index in [9.17, 15) is 9.59 Å². The van der Waals surface area contributed by atoms with Gasteiger partial charge in [-0.25, -0.2) is 0 Å². The van der Waals surface area contributed by atoms with Gasteiger partial charge in [0.15, 0.2) is 0 Å². The first kappa shape index (κ1) is 15.8. The van der Waals surface area contributed by atoms with Gasteiger partial charge in [0, 0.05) is 34.9 Å². The number of amides is 2. The van der Waals surface area contributed by atoms with E-state index in [2.05, 4.69) is 15.6 Å². The molecule has 24 heavy (non-hydrogen) atoms. The highest BCUT2D eigenvalue weighted by atomic mass is 16.2. The molecule has 0 unspecified atom stereocenters. The molecule has 0 saturated carbocycles. The zero-order valence-corrected chi connectivity index (χ0v) is 13.6. The number of anilines is 1. The molecular weight excluding hydrogens is 302 g/mol. The summed E-state index contributed by atoms with van der Waals surface area (Å²) < 4.78 is 0. The van der Waals surface area contributed by atoms with Gasteiger partial charge in [0.2, 0.25) is 5.91 Å². The maximum absolute atomic E-state index is 12.4. The first-order valence-corrected chi connectivity index (χ1v) is 7.76. The number of hydrogen-bond donors (Lipinski definition) is 3. The molecule has 0 spiro atoms. The number of para-hydroxylation sites is 1. The minimum absolute atomic E-state index is 0.114. The SMILES string of the molecule is CNC(=O)c1cccc(NC(=O)Cc2c(C)[nH]c3ccccc23)c1. The van der Waals surface area contributed by atoms with Crippen molar-refractivity contribution in [1.29, 1.82) is 0 Å². The molecule has 0 aliphatic rings. The van der Waals surface area contributed by atoms with E-state index in [-0.39, 0.29) is 18.2 Å². The summed E-state index contributed by atoms with van der Waals surface area (Å²) in [4.78, 5) is 27.4. The van der Waals surface area contributed by atoms with Gasteiger partial charge >= 0.3 is 0 Å². The van der Waals surface area contributed by atoms with E-state index in [1.807, 2.05) is 31.2 Å². The summed E-state index contributed by atoms with van der Waals surface area (Å²) in [6.07, 6.45) is 0.278. The van der Waals surface area contributed by atoms with Gasteiger partial charge in [-0.15, -0.1) is 0 Å². The third-order valence-electron chi connectivity index (χ3n) is 4.00. The van der Waals surface area contributed by atoms with E-state index < -0.39 is 0 Å². The Morgan fingerprint density at radius 3 is 2.67 bits per heavy atom. The normalized spacial score (nSPS) is 10.6. The average molecular weight is 321 g/mol. The average Bonchev–Trinajstić information content (AvgIpc) is 2.90. The van der Waals surface area contributed by atoms with Crippen molar-refractivity contribution in [3.63, 3.8) is 0 Å². The maximum Gasteiger partial charge on any atom is 0.251 e. The standard InChI is InChI=1S/C19H19N3O2/c1-12-16(15-8-3-4-9-17(15)21-12)11-18(23)22-14-7-5-6-13(10-14)19(24)20-2/h3-10,21H,11H2,1-2H3,(H,20,24)(H,22,23). The molecule has 0 fully saturated rings. The molecule has 2 amide bonds. The van der Waals surface area contributed by atoms with Crippen molar-refractivity contribution in [1.82, 2.24) is 10.3 Å². The van der Waals surface area contributed by atoms with Gasteiger partial charge < -0.3 is 15.6 Å². The van der Waals surface area contributed by atoms with Crippen LogP contribution in [0.3, 0.4) is 0 Å². The van der Waals surface area contributed by atoms with Crippen LogP contribution in [0.15, 0.2) is 48.5 Å². The zero-order chi connectivity index (χ0) is 17.1. The van der Waals surface area contributed by atoms with Crippen molar-refractivity contribution >= 4 is 28.4 Å². The molecule has 0 aliphatic carbocycles. The minimum atomic E-state index is -0.182. The summed E-state index contributed by atoms with van der Waals surface area (Å²) in [5.74, 6) is -0.296. The third kappa shape index (κ3) is 3.15. The summed E-state index contributed by atoms with van der Waals surface area (Å²) in [6, 6.07) is 14.8. The molecule has 0 atom stereocenters. The van der Waals surface area contributed by atoms with Crippen LogP contribution in [0.4, 0.5) is 5.69 Å². The van der Waals surface area contributed by atoms with Gasteiger partial charge in [0.05, 0.1) is 6.42 Å². The van der Waals surface area contributed by atoms with Crippen molar-refractivity contribution in [2.24, 2.45) is 0 Å². The highest BCUT2D eigenvalue weighted by Gasteiger charge is 2.13. The summed E-state index contributed by atoms with van der Waals surface area (Å²) in [6.45, 7) is 1.97. The largest absolute Gasteiger partial charge is 0.358 e. The number of hydrogen-bond acceptors (Lipinski definition) is 2. The van der Waals surface area contributed by atoms with Gasteiger partial charge in [-0.3, -0.25) is 9.59 Å². The van der Waals surface area contributed by atoms with Crippen LogP contribution in [0.5, 0.6) is 0 Å². The lowest BCUT2D eigenvalue weighted by atomic mass is 10.1. The highest BCUT2D eigenvalue weighted by molar-refractivity contribution is 5.99. The predicted octanol–water partition coefficient (Wildman–Crippen LogP) is 3.02. The molecule has 5 nitrogen and oxygen atoms in total. The van der Waals surface area contributed by atoms with Crippen LogP contribution in [0.1, 0.15) is 21.6 Å². The van der Waals surface area contributed by atoms with E-state index in [1.54, 1.807) is 31.3 Å². The molecular formula is C19H19N3O2. The Morgan fingerprint density at radius 2 is 1.88 bits per heavy atom. The number of benzene rings is 2. The first-order valence-electron chi connectivity index (χ1n) is 7.76. The zero-order valence-electron chi connectivity index (χ0n) is 13.6. The lowest BCUT2D eigenvalue weighted by molar-refractivity contribution is -0.115. The molecule has 0 bridgehead atoms. The van der Waals surface area contributed by atoms with Crippen LogP contribution >= 0.6 is 0 Å². The Bertz CT molecular complexity index is 912. The first-order chi connectivity index (χ1) is 11.6. The number of aryl methyl sites for hydroxylation is 1. The van der Waals surface area contributed by atoms with Crippen LogP contribution in [0.2, 0.25) is 0 Å². The molecule has 1 heterocycles. The van der Waals surface area contributed by atoms with Crippen molar-refractivity contribution in [2.75, 3.05) is 12.4 Å². The summed E-state index contributed by atoms with van der Waals surface area (Å²) in [7, 11) is 1.58. The van der Waals surface area contributed by atoms with Gasteiger partial charge in [0.25, 0.3) is 5.91 Å². The van der Waals surface area contributed by atoms with Crippen molar-refractivity contribution in [3.05, 3.63) is 65.4 Å². The molecule has 0 saturated heterocycles. The Kier molecular flexibility index (Phi) is 4.33. The second-order valence-corrected chi connectivity index (χ2v) is 5.66. The number of carbonyl (C=O) groups excluding carboxylic acids is 2. The van der Waals surface area contributed by atoms with E-state index in [4.69, 9.17) is 0 Å². The molecule has 2 aromatic carbocycles. The molecule has 5 heteroatoms. The van der Waals surface area contributed by atoms with Crippen molar-refractivity contribution in [3.8, 4) is 0 Å². The summed E-state index contributed by atoms with van der Waals surface area (Å²) >= 11 is 0. The van der Waals surface area contributed by atoms with Crippen LogP contribution in [-0.2, 0) is 11.2 Å². The second-order valence-electron chi connectivity index (χ2n) is 5.66. The molecule has 3 N–H and O–H groups in total. The Morgan fingerprint density at radius 1 is 1.08 bits per heavy atom. The minimum Gasteiger partial charge on any atom is -0.358 e. The van der Waals surface area contributed by atoms with E-state index in [0.717, 1.165) is 22.2 Å². The van der Waals surface area contributed by atoms with Gasteiger partial charge in [-0.05, 0) is 36.8 Å². The number of fused-ring (bicyclic) bond motifs is 1. The van der Waals surface area contributed by atoms with Crippen molar-refractivity contribution < 1.29 is 9.59 Å². The quantitative estimate of drug-likeness (QED) is 0.691. The summed E-state index contributed by atoms with van der Waals surface area (Å²) in [5, 5.41) is 6.49. The van der Waals surface area contributed by atoms with Crippen LogP contribution in [0.25, 0.3) is 10.9 Å². The van der Waals surface area contributed by atoms with Gasteiger partial charge in [-0.1, -0.05) is 24.3 Å². The fourth-order valence-corrected chi connectivity index (χ4v) is 2.81. The number of aromatic amines is 1. The maximum atomic E-state index is 12.4. The molecule has 3 rings (SSSR count). The Labute approximate surface area is 140 Å². The lowest BCUT2D eigenvalue weighted by Crippen LogP contribution is -2.19. The fraction of sp³-hybridized carbons (Fsp3) is 0.158. The second kappa shape index (κ2) is 6.58. The Hall–Kier alpha value is -3.08. The molecule has 0 aliphatic heterocycles. The topological polar surface area (TPSA) is 74.0 Å². The number of aromatic nitrogens is 1. The number of H-pyrrole nitrogens is 1. The molecule has 0 radical (unpaired) electrons. The Balaban J connectivity index is 1.78. The van der Waals surface area contributed by atoms with Crippen LogP contribution in [-0.4, -0.2) is 23.8 Å². The van der Waals surface area contributed by atoms with Crippen LogP contribution in [0, 0.1) is 6.92 Å². The summed E-state index contributed by atoms with van der Waals surface area (Å²) in [5.41, 5.74) is 4.13. The number of rotatable bonds is 4. The van der Waals surface area contributed by atoms with E-state index >= 15 is 0 Å². The van der Waals surface area contributed by atoms with Crippen LogP contribution < -0.4 is 10.6 Å². The smallest absolute Gasteiger partial charge is 0.251 e. The van der Waals surface area contributed by atoms with E-state index in [1.165, 1.54) is 0 Å². The molecule has 3 aromatic rings. The lowest BCUT2D eigenvalue weighted by Gasteiger charge is -2.07. The number of nitrogens with one attached hydrogen (secondary N) is 3. The molecule has 122 valence electrons. The van der Waals surface area contributed by atoms with Crippen molar-refractivity contribution in [2.45, 2.75) is 13.3 Å². The van der Waals surface area contributed by atoms with Gasteiger partial charge in [0.1, 0.15) is 0 Å². The van der Waals surface area contributed by atoms with Gasteiger partial charge in [-0.2, -0.15) is 0 Å². The monoisotopic (exact) mass is 321 g/mol.